The molecular weight excluding hydrogens is 448 g/mol. The average Bonchev–Trinajstić information content (AvgIpc) is 3.14. The highest BCUT2D eigenvalue weighted by atomic mass is 19.3. The Hall–Kier alpha value is -3.96. The van der Waals surface area contributed by atoms with Crippen molar-refractivity contribution >= 4 is 17.3 Å². The minimum atomic E-state index is -3.13. The molecule has 3 rings (SSSR count). The van der Waals surface area contributed by atoms with Gasteiger partial charge >= 0.3 is 0 Å². The smallest absolute Gasteiger partial charge is 0.282 e. The first-order valence-corrected chi connectivity index (χ1v) is 9.52. The molecule has 0 aliphatic rings. The highest BCUT2D eigenvalue weighted by Gasteiger charge is 2.23. The predicted molar refractivity (Wildman–Crippen MR) is 110 cm³/mol. The summed E-state index contributed by atoms with van der Waals surface area (Å²) in [5.74, 6) is -0.398. The normalized spacial score (nSPS) is 11.2. The van der Waals surface area contributed by atoms with E-state index in [1.165, 1.54) is 6.07 Å². The quantitative estimate of drug-likeness (QED) is 0.260. The van der Waals surface area contributed by atoms with Crippen molar-refractivity contribution in [3.05, 3.63) is 75.1 Å². The number of hydrogen-bond donors (Lipinski definition) is 1. The second-order valence-corrected chi connectivity index (χ2v) is 7.14. The third-order valence-corrected chi connectivity index (χ3v) is 4.53. The molecule has 3 aromatic rings. The van der Waals surface area contributed by atoms with E-state index in [0.29, 0.717) is 16.5 Å². The second-order valence-electron chi connectivity index (χ2n) is 7.14. The fraction of sp³-hybridized carbons (Fsp3) is 0.238. The Morgan fingerprint density at radius 2 is 1.85 bits per heavy atom. The number of halogens is 4. The lowest BCUT2D eigenvalue weighted by Gasteiger charge is -2.12. The van der Waals surface area contributed by atoms with Crippen LogP contribution in [0.5, 0.6) is 11.5 Å². The van der Waals surface area contributed by atoms with Crippen LogP contribution in [-0.2, 0) is 11.3 Å². The van der Waals surface area contributed by atoms with Crippen molar-refractivity contribution in [1.29, 1.82) is 0 Å². The summed E-state index contributed by atoms with van der Waals surface area (Å²) >= 11 is 0. The number of aryl methyl sites for hydroxylation is 2. The summed E-state index contributed by atoms with van der Waals surface area (Å²) in [6, 6.07) is 9.45. The SMILES string of the molecule is Cc1ccc(C)c(Oc2cc(NC(=O)Cn3nc(C(F)F)cc3C(F)F)cc([N+](=O)[O-])c2)c1. The van der Waals surface area contributed by atoms with E-state index in [0.717, 1.165) is 23.3 Å². The number of carbonyl (C=O) groups excluding carboxylic acids is 1. The van der Waals surface area contributed by atoms with Crippen molar-refractivity contribution in [2.45, 2.75) is 33.2 Å². The van der Waals surface area contributed by atoms with E-state index in [4.69, 9.17) is 4.74 Å². The largest absolute Gasteiger partial charge is 0.457 e. The summed E-state index contributed by atoms with van der Waals surface area (Å²) in [5, 5.41) is 17.0. The molecule has 1 N–H and O–H groups in total. The van der Waals surface area contributed by atoms with Gasteiger partial charge in [0.05, 0.1) is 16.7 Å². The van der Waals surface area contributed by atoms with E-state index in [1.54, 1.807) is 13.0 Å². The zero-order valence-corrected chi connectivity index (χ0v) is 17.4. The van der Waals surface area contributed by atoms with Crippen LogP contribution in [0.25, 0.3) is 0 Å². The zero-order chi connectivity index (χ0) is 24.3. The minimum Gasteiger partial charge on any atom is -0.457 e. The van der Waals surface area contributed by atoms with Gasteiger partial charge in [0, 0.05) is 12.1 Å². The molecule has 0 atom stereocenters. The van der Waals surface area contributed by atoms with Crippen molar-refractivity contribution in [2.75, 3.05) is 5.32 Å². The summed E-state index contributed by atoms with van der Waals surface area (Å²) in [6.07, 6.45) is -6.22. The van der Waals surface area contributed by atoms with Gasteiger partial charge in [0.25, 0.3) is 18.5 Å². The van der Waals surface area contributed by atoms with Gasteiger partial charge in [-0.1, -0.05) is 12.1 Å². The van der Waals surface area contributed by atoms with E-state index in [9.17, 15) is 32.5 Å². The molecule has 174 valence electrons. The number of benzene rings is 2. The number of rotatable bonds is 8. The van der Waals surface area contributed by atoms with Crippen molar-refractivity contribution < 1.29 is 32.0 Å². The Morgan fingerprint density at radius 3 is 2.48 bits per heavy atom. The predicted octanol–water partition coefficient (Wildman–Crippen LogP) is 5.71. The fourth-order valence-corrected chi connectivity index (χ4v) is 2.96. The van der Waals surface area contributed by atoms with E-state index in [2.05, 4.69) is 10.4 Å². The maximum Gasteiger partial charge on any atom is 0.282 e. The third kappa shape index (κ3) is 5.84. The van der Waals surface area contributed by atoms with Crippen LogP contribution >= 0.6 is 0 Å². The molecule has 1 amide bonds. The number of nitrogens with zero attached hydrogens (tertiary/aromatic N) is 3. The number of ether oxygens (including phenoxy) is 1. The van der Waals surface area contributed by atoms with Crippen LogP contribution in [0, 0.1) is 24.0 Å². The number of aromatic nitrogens is 2. The molecule has 1 aromatic heterocycles. The van der Waals surface area contributed by atoms with Crippen LogP contribution < -0.4 is 10.1 Å². The van der Waals surface area contributed by atoms with Crippen molar-refractivity contribution in [2.24, 2.45) is 0 Å². The van der Waals surface area contributed by atoms with Gasteiger partial charge < -0.3 is 10.1 Å². The summed E-state index contributed by atoms with van der Waals surface area (Å²) < 4.78 is 58.1. The molecule has 12 heteroatoms. The van der Waals surface area contributed by atoms with Gasteiger partial charge in [-0.15, -0.1) is 0 Å². The lowest BCUT2D eigenvalue weighted by Crippen LogP contribution is -2.21. The molecule has 0 radical (unpaired) electrons. The molecule has 8 nitrogen and oxygen atoms in total. The van der Waals surface area contributed by atoms with Gasteiger partial charge in [0.2, 0.25) is 5.91 Å². The molecule has 2 aromatic carbocycles. The number of amides is 1. The fourth-order valence-electron chi connectivity index (χ4n) is 2.96. The number of anilines is 1. The molecule has 0 spiro atoms. The summed E-state index contributed by atoms with van der Waals surface area (Å²) in [7, 11) is 0. The standard InChI is InChI=1S/C21H18F4N4O4/c1-11-3-4-12(2)18(5-11)33-15-7-13(6-14(8-15)29(31)32)26-19(30)10-28-17(21(24)25)9-16(27-28)20(22)23/h3-9,20-21H,10H2,1-2H3,(H,26,30). The van der Waals surface area contributed by atoms with Crippen LogP contribution in [0.15, 0.2) is 42.5 Å². The summed E-state index contributed by atoms with van der Waals surface area (Å²) in [4.78, 5) is 23.0. The molecular formula is C21H18F4N4O4. The van der Waals surface area contributed by atoms with Gasteiger partial charge in [-0.2, -0.15) is 5.10 Å². The Kier molecular flexibility index (Phi) is 6.95. The highest BCUT2D eigenvalue weighted by molar-refractivity contribution is 5.91. The Labute approximate surface area is 184 Å². The van der Waals surface area contributed by atoms with Crippen LogP contribution in [0.1, 0.15) is 35.4 Å². The maximum absolute atomic E-state index is 13.1. The van der Waals surface area contributed by atoms with E-state index < -0.39 is 41.6 Å². The second kappa shape index (κ2) is 9.67. The van der Waals surface area contributed by atoms with Gasteiger partial charge in [-0.05, 0) is 37.1 Å². The molecule has 0 saturated carbocycles. The number of nitrogens with one attached hydrogen (secondary N) is 1. The third-order valence-electron chi connectivity index (χ3n) is 4.53. The van der Waals surface area contributed by atoms with Gasteiger partial charge in [-0.3, -0.25) is 19.6 Å². The van der Waals surface area contributed by atoms with Crippen molar-refractivity contribution in [3.8, 4) is 11.5 Å². The first-order chi connectivity index (χ1) is 15.5. The number of carbonyl (C=O) groups is 1. The van der Waals surface area contributed by atoms with Crippen LogP contribution in [0.2, 0.25) is 0 Å². The zero-order valence-electron chi connectivity index (χ0n) is 17.4. The highest BCUT2D eigenvalue weighted by Crippen LogP contribution is 2.32. The molecule has 0 saturated heterocycles. The van der Waals surface area contributed by atoms with E-state index >= 15 is 0 Å². The molecule has 0 aliphatic carbocycles. The molecule has 33 heavy (non-hydrogen) atoms. The number of hydrogen-bond acceptors (Lipinski definition) is 5. The average molecular weight is 466 g/mol. The monoisotopic (exact) mass is 466 g/mol. The van der Waals surface area contributed by atoms with Gasteiger partial charge in [0.1, 0.15) is 29.4 Å². The molecule has 0 bridgehead atoms. The van der Waals surface area contributed by atoms with Crippen LogP contribution in [-0.4, -0.2) is 20.6 Å². The summed E-state index contributed by atoms with van der Waals surface area (Å²) in [6.45, 7) is 2.82. The van der Waals surface area contributed by atoms with E-state index in [-0.39, 0.29) is 17.1 Å². The van der Waals surface area contributed by atoms with Gasteiger partial charge in [-0.25, -0.2) is 17.6 Å². The lowest BCUT2D eigenvalue weighted by atomic mass is 10.1. The Morgan fingerprint density at radius 1 is 1.12 bits per heavy atom. The number of nitro benzene ring substituents is 1. The minimum absolute atomic E-state index is 0.0469. The molecule has 1 heterocycles. The Bertz CT molecular complexity index is 1200. The molecule has 0 aliphatic heterocycles. The topological polar surface area (TPSA) is 99.3 Å². The van der Waals surface area contributed by atoms with E-state index in [1.807, 2.05) is 19.1 Å². The molecule has 0 unspecified atom stereocenters. The number of nitro groups is 1. The first kappa shape index (κ1) is 23.7. The van der Waals surface area contributed by atoms with Crippen LogP contribution in [0.4, 0.5) is 28.9 Å². The maximum atomic E-state index is 13.1. The Balaban J connectivity index is 1.85. The van der Waals surface area contributed by atoms with Crippen molar-refractivity contribution in [3.63, 3.8) is 0 Å². The van der Waals surface area contributed by atoms with Gasteiger partial charge in [0.15, 0.2) is 0 Å². The molecule has 0 fully saturated rings. The van der Waals surface area contributed by atoms with Crippen LogP contribution in [0.3, 0.4) is 0 Å². The number of non-ortho nitro benzene ring substituents is 1. The number of alkyl halides is 4. The van der Waals surface area contributed by atoms with Crippen molar-refractivity contribution in [1.82, 2.24) is 9.78 Å². The summed E-state index contributed by atoms with van der Waals surface area (Å²) in [5.41, 5.74) is -0.511. The lowest BCUT2D eigenvalue weighted by molar-refractivity contribution is -0.384. The first-order valence-electron chi connectivity index (χ1n) is 9.52.